The summed E-state index contributed by atoms with van der Waals surface area (Å²) in [6, 6.07) is 24.4. The van der Waals surface area contributed by atoms with Crippen LogP contribution in [0.3, 0.4) is 0 Å². The van der Waals surface area contributed by atoms with Crippen molar-refractivity contribution < 1.29 is 9.59 Å². The molecule has 1 aromatic heterocycles. The average molecular weight is 364 g/mol. The summed E-state index contributed by atoms with van der Waals surface area (Å²) in [6.07, 6.45) is 0. The second-order valence-corrected chi connectivity index (χ2v) is 6.88. The molecule has 28 heavy (non-hydrogen) atoms. The first-order chi connectivity index (χ1) is 13.6. The largest absolute Gasteiger partial charge is 0.268 e. The number of benzene rings is 3. The molecule has 5 rings (SSSR count). The smallest absolute Gasteiger partial charge is 0.268 e. The van der Waals surface area contributed by atoms with Crippen LogP contribution >= 0.6 is 0 Å². The highest BCUT2D eigenvalue weighted by atomic mass is 16.2. The maximum absolute atomic E-state index is 13.4. The fourth-order valence-corrected chi connectivity index (χ4v) is 3.74. The van der Waals surface area contributed by atoms with Gasteiger partial charge in [-0.3, -0.25) is 9.59 Å². The molecule has 1 aliphatic rings. The quantitative estimate of drug-likeness (QED) is 0.470. The molecule has 4 nitrogen and oxygen atoms in total. The van der Waals surface area contributed by atoms with Crippen molar-refractivity contribution >= 4 is 28.4 Å². The molecular formula is C24H16N2O2. The van der Waals surface area contributed by atoms with Gasteiger partial charge in [0, 0.05) is 10.9 Å². The molecule has 0 bridgehead atoms. The number of hydrogen-bond acceptors (Lipinski definition) is 3. The van der Waals surface area contributed by atoms with E-state index in [-0.39, 0.29) is 11.8 Å². The maximum Gasteiger partial charge on any atom is 0.268 e. The van der Waals surface area contributed by atoms with Gasteiger partial charge >= 0.3 is 0 Å². The van der Waals surface area contributed by atoms with Gasteiger partial charge in [0.2, 0.25) is 0 Å². The van der Waals surface area contributed by atoms with Gasteiger partial charge in [-0.15, -0.1) is 0 Å². The molecule has 3 aromatic carbocycles. The highest BCUT2D eigenvalue weighted by molar-refractivity contribution is 6.39. The number of aromatic nitrogens is 1. The zero-order valence-corrected chi connectivity index (χ0v) is 15.2. The van der Waals surface area contributed by atoms with E-state index < -0.39 is 0 Å². The lowest BCUT2D eigenvalue weighted by molar-refractivity contribution is 0.0927. The van der Waals surface area contributed by atoms with E-state index in [1.807, 2.05) is 73.7 Å². The maximum atomic E-state index is 13.4. The van der Waals surface area contributed by atoms with E-state index in [0.717, 1.165) is 11.1 Å². The van der Waals surface area contributed by atoms with Gasteiger partial charge in [0.15, 0.2) is 0 Å². The minimum atomic E-state index is -0.332. The van der Waals surface area contributed by atoms with Crippen LogP contribution in [0.2, 0.25) is 0 Å². The number of carbonyl (C=O) groups is 2. The predicted octanol–water partition coefficient (Wildman–Crippen LogP) is 5.01. The van der Waals surface area contributed by atoms with Crippen LogP contribution in [0.1, 0.15) is 26.3 Å². The van der Waals surface area contributed by atoms with E-state index in [4.69, 9.17) is 4.98 Å². The number of carbonyl (C=O) groups excluding carboxylic acids is 2. The minimum Gasteiger partial charge on any atom is -0.268 e. The lowest BCUT2D eigenvalue weighted by atomic mass is 9.97. The Kier molecular flexibility index (Phi) is 3.59. The van der Waals surface area contributed by atoms with Gasteiger partial charge in [-0.1, -0.05) is 60.2 Å². The first-order valence-corrected chi connectivity index (χ1v) is 9.09. The summed E-state index contributed by atoms with van der Waals surface area (Å²) in [6.45, 7) is 1.97. The molecule has 0 aliphatic carbocycles. The monoisotopic (exact) mass is 364 g/mol. The van der Waals surface area contributed by atoms with E-state index >= 15 is 0 Å². The lowest BCUT2D eigenvalue weighted by Crippen LogP contribution is -2.29. The van der Waals surface area contributed by atoms with E-state index in [1.165, 1.54) is 4.90 Å². The number of aryl methyl sites for hydroxylation is 1. The number of anilines is 1. The third-order valence-electron chi connectivity index (χ3n) is 5.04. The molecule has 0 spiro atoms. The molecule has 0 radical (unpaired) electrons. The highest BCUT2D eigenvalue weighted by Crippen LogP contribution is 2.38. The van der Waals surface area contributed by atoms with E-state index in [9.17, 15) is 9.59 Å². The van der Waals surface area contributed by atoms with Crippen LogP contribution in [0.25, 0.3) is 22.2 Å². The number of amides is 2. The van der Waals surface area contributed by atoms with Crippen LogP contribution in [-0.4, -0.2) is 16.8 Å². The molecule has 2 heterocycles. The standard InChI is InChI=1S/C24H16N2O2/c1-15-12-13-19-18(14-15)20-21(22(25-19)16-8-4-2-5-9-16)24(28)26(23(20)27)17-10-6-3-7-11-17/h2-14H,1H3. The van der Waals surface area contributed by atoms with Crippen molar-refractivity contribution in [2.45, 2.75) is 6.92 Å². The number of hydrogen-bond donors (Lipinski definition) is 0. The summed E-state index contributed by atoms with van der Waals surface area (Å²) in [5, 5.41) is 0.714. The zero-order valence-electron chi connectivity index (χ0n) is 15.2. The fraction of sp³-hybridized carbons (Fsp3) is 0.0417. The first kappa shape index (κ1) is 16.4. The Balaban J connectivity index is 1.85. The third kappa shape index (κ3) is 2.35. The van der Waals surface area contributed by atoms with E-state index in [0.29, 0.717) is 33.4 Å². The van der Waals surface area contributed by atoms with Crippen molar-refractivity contribution in [1.82, 2.24) is 4.98 Å². The number of para-hydroxylation sites is 1. The Morgan fingerprint density at radius 3 is 2.11 bits per heavy atom. The molecule has 4 aromatic rings. The van der Waals surface area contributed by atoms with Crippen LogP contribution < -0.4 is 4.90 Å². The molecule has 4 heteroatoms. The number of fused-ring (bicyclic) bond motifs is 3. The summed E-state index contributed by atoms with van der Waals surface area (Å²) in [7, 11) is 0. The molecule has 0 fully saturated rings. The number of rotatable bonds is 2. The molecule has 0 atom stereocenters. The second-order valence-electron chi connectivity index (χ2n) is 6.88. The van der Waals surface area contributed by atoms with Crippen LogP contribution in [0.15, 0.2) is 78.9 Å². The van der Waals surface area contributed by atoms with Crippen molar-refractivity contribution in [2.24, 2.45) is 0 Å². The fourth-order valence-electron chi connectivity index (χ4n) is 3.74. The van der Waals surface area contributed by atoms with Gasteiger partial charge in [-0.25, -0.2) is 9.88 Å². The molecule has 2 amide bonds. The van der Waals surface area contributed by atoms with Crippen molar-refractivity contribution in [1.29, 1.82) is 0 Å². The third-order valence-corrected chi connectivity index (χ3v) is 5.04. The summed E-state index contributed by atoms with van der Waals surface area (Å²) in [4.78, 5) is 32.8. The van der Waals surface area contributed by atoms with E-state index in [1.54, 1.807) is 12.1 Å². The number of imide groups is 1. The summed E-state index contributed by atoms with van der Waals surface area (Å²) >= 11 is 0. The summed E-state index contributed by atoms with van der Waals surface area (Å²) in [5.74, 6) is -0.637. The molecule has 0 unspecified atom stereocenters. The Bertz CT molecular complexity index is 1250. The van der Waals surface area contributed by atoms with Crippen LogP contribution in [0.5, 0.6) is 0 Å². The van der Waals surface area contributed by atoms with Gasteiger partial charge in [-0.2, -0.15) is 0 Å². The van der Waals surface area contributed by atoms with Crippen LogP contribution in [-0.2, 0) is 0 Å². The Hall–Kier alpha value is -3.79. The Morgan fingerprint density at radius 1 is 0.750 bits per heavy atom. The molecule has 0 saturated heterocycles. The second kappa shape index (κ2) is 6.13. The molecule has 0 saturated carbocycles. The Labute approximate surface area is 162 Å². The van der Waals surface area contributed by atoms with Crippen molar-refractivity contribution in [3.8, 4) is 11.3 Å². The summed E-state index contributed by atoms with van der Waals surface area (Å²) in [5.41, 5.74) is 4.45. The number of pyridine rings is 1. The van der Waals surface area contributed by atoms with Crippen molar-refractivity contribution in [3.63, 3.8) is 0 Å². The van der Waals surface area contributed by atoms with Crippen LogP contribution in [0.4, 0.5) is 5.69 Å². The molecule has 1 aliphatic heterocycles. The lowest BCUT2D eigenvalue weighted by Gasteiger charge is -2.13. The highest BCUT2D eigenvalue weighted by Gasteiger charge is 2.41. The van der Waals surface area contributed by atoms with Gasteiger partial charge in [-0.05, 0) is 31.2 Å². The van der Waals surface area contributed by atoms with E-state index in [2.05, 4.69) is 0 Å². The van der Waals surface area contributed by atoms with Crippen molar-refractivity contribution in [3.05, 3.63) is 95.6 Å². The first-order valence-electron chi connectivity index (χ1n) is 9.09. The predicted molar refractivity (Wildman–Crippen MR) is 109 cm³/mol. The average Bonchev–Trinajstić information content (AvgIpc) is 3.00. The van der Waals surface area contributed by atoms with Gasteiger partial charge in [0.05, 0.1) is 28.0 Å². The summed E-state index contributed by atoms with van der Waals surface area (Å²) < 4.78 is 0. The molecule has 0 N–H and O–H groups in total. The van der Waals surface area contributed by atoms with Gasteiger partial charge in [0.1, 0.15) is 0 Å². The molecule has 134 valence electrons. The SMILES string of the molecule is Cc1ccc2nc(-c3ccccc3)c3c(c2c1)C(=O)N(c1ccccc1)C3=O. The van der Waals surface area contributed by atoms with Crippen LogP contribution in [0, 0.1) is 6.92 Å². The Morgan fingerprint density at radius 2 is 1.39 bits per heavy atom. The zero-order chi connectivity index (χ0) is 19.3. The minimum absolute atomic E-state index is 0.304. The van der Waals surface area contributed by atoms with Crippen molar-refractivity contribution in [2.75, 3.05) is 4.90 Å². The number of nitrogens with zero attached hydrogens (tertiary/aromatic N) is 2. The molecular weight excluding hydrogens is 348 g/mol. The van der Waals surface area contributed by atoms with Gasteiger partial charge < -0.3 is 0 Å². The topological polar surface area (TPSA) is 50.3 Å². The van der Waals surface area contributed by atoms with Gasteiger partial charge in [0.25, 0.3) is 11.8 Å². The normalized spacial score (nSPS) is 13.2.